The largest absolute Gasteiger partial charge is 0.365 e. The standard InChI is InChI=1S/C11H20N2O2/c1-13-6-5-10(11(13)14)15-9-4-2-3-8(12)7-9/h8-10H,2-7,12H2,1H3. The van der Waals surface area contributed by atoms with Crippen LogP contribution in [0.2, 0.25) is 0 Å². The van der Waals surface area contributed by atoms with Crippen LogP contribution in [0.5, 0.6) is 0 Å². The van der Waals surface area contributed by atoms with E-state index in [0.717, 1.165) is 38.6 Å². The fraction of sp³-hybridized carbons (Fsp3) is 0.909. The summed E-state index contributed by atoms with van der Waals surface area (Å²) >= 11 is 0. The molecule has 1 saturated heterocycles. The Morgan fingerprint density at radius 2 is 2.20 bits per heavy atom. The number of nitrogens with two attached hydrogens (primary N) is 1. The third-order valence-corrected chi connectivity index (χ3v) is 3.40. The molecular weight excluding hydrogens is 192 g/mol. The van der Waals surface area contributed by atoms with Gasteiger partial charge in [0.05, 0.1) is 6.10 Å². The number of carbonyl (C=O) groups excluding carboxylic acids is 1. The molecule has 1 aliphatic heterocycles. The van der Waals surface area contributed by atoms with Crippen LogP contribution in [-0.4, -0.2) is 42.6 Å². The van der Waals surface area contributed by atoms with Gasteiger partial charge in [-0.05, 0) is 25.7 Å². The van der Waals surface area contributed by atoms with Gasteiger partial charge < -0.3 is 15.4 Å². The van der Waals surface area contributed by atoms with Crippen molar-refractivity contribution < 1.29 is 9.53 Å². The number of rotatable bonds is 2. The maximum Gasteiger partial charge on any atom is 0.251 e. The smallest absolute Gasteiger partial charge is 0.251 e. The SMILES string of the molecule is CN1CCC(OC2CCCC(N)C2)C1=O. The highest BCUT2D eigenvalue weighted by Gasteiger charge is 2.33. The Bertz CT molecular complexity index is 245. The fourth-order valence-corrected chi connectivity index (χ4v) is 2.45. The minimum absolute atomic E-state index is 0.133. The fourth-order valence-electron chi connectivity index (χ4n) is 2.45. The highest BCUT2D eigenvalue weighted by atomic mass is 16.5. The molecule has 3 atom stereocenters. The molecule has 2 fully saturated rings. The van der Waals surface area contributed by atoms with Gasteiger partial charge in [0, 0.05) is 26.1 Å². The molecule has 4 heteroatoms. The maximum absolute atomic E-state index is 11.6. The average Bonchev–Trinajstić information content (AvgIpc) is 2.50. The van der Waals surface area contributed by atoms with Gasteiger partial charge in [0.2, 0.25) is 0 Å². The van der Waals surface area contributed by atoms with Gasteiger partial charge in [-0.2, -0.15) is 0 Å². The first-order valence-electron chi connectivity index (χ1n) is 5.83. The molecule has 86 valence electrons. The second-order valence-electron chi connectivity index (χ2n) is 4.72. The lowest BCUT2D eigenvalue weighted by Crippen LogP contribution is -2.36. The molecule has 1 saturated carbocycles. The highest BCUT2D eigenvalue weighted by molar-refractivity contribution is 5.82. The summed E-state index contributed by atoms with van der Waals surface area (Å²) in [7, 11) is 1.83. The third-order valence-electron chi connectivity index (χ3n) is 3.40. The molecule has 0 bridgehead atoms. The molecule has 1 aliphatic carbocycles. The Morgan fingerprint density at radius 3 is 2.80 bits per heavy atom. The second kappa shape index (κ2) is 4.49. The molecule has 2 aliphatic rings. The number of nitrogens with zero attached hydrogens (tertiary/aromatic N) is 1. The quantitative estimate of drug-likeness (QED) is 0.725. The van der Waals surface area contributed by atoms with Crippen molar-refractivity contribution in [1.82, 2.24) is 4.90 Å². The average molecular weight is 212 g/mol. The Morgan fingerprint density at radius 1 is 1.40 bits per heavy atom. The van der Waals surface area contributed by atoms with Gasteiger partial charge in [0.1, 0.15) is 6.10 Å². The summed E-state index contributed by atoms with van der Waals surface area (Å²) in [4.78, 5) is 13.4. The Kier molecular flexibility index (Phi) is 3.26. The van der Waals surface area contributed by atoms with Crippen molar-refractivity contribution in [2.45, 2.75) is 50.4 Å². The monoisotopic (exact) mass is 212 g/mol. The molecule has 1 amide bonds. The zero-order chi connectivity index (χ0) is 10.8. The first kappa shape index (κ1) is 10.9. The van der Waals surface area contributed by atoms with Crippen molar-refractivity contribution in [3.8, 4) is 0 Å². The summed E-state index contributed by atoms with van der Waals surface area (Å²) in [5.41, 5.74) is 5.89. The van der Waals surface area contributed by atoms with E-state index in [-0.39, 0.29) is 24.2 Å². The first-order chi connectivity index (χ1) is 7.16. The van der Waals surface area contributed by atoms with E-state index in [1.807, 2.05) is 7.05 Å². The molecule has 2 rings (SSSR count). The van der Waals surface area contributed by atoms with Crippen LogP contribution < -0.4 is 5.73 Å². The van der Waals surface area contributed by atoms with Crippen LogP contribution in [0.3, 0.4) is 0 Å². The van der Waals surface area contributed by atoms with Crippen molar-refractivity contribution in [3.05, 3.63) is 0 Å². The van der Waals surface area contributed by atoms with E-state index in [4.69, 9.17) is 10.5 Å². The maximum atomic E-state index is 11.6. The zero-order valence-electron chi connectivity index (χ0n) is 9.32. The molecule has 0 aromatic carbocycles. The van der Waals surface area contributed by atoms with Crippen LogP contribution >= 0.6 is 0 Å². The zero-order valence-corrected chi connectivity index (χ0v) is 9.32. The summed E-state index contributed by atoms with van der Waals surface area (Å²) < 4.78 is 5.83. The van der Waals surface area contributed by atoms with Gasteiger partial charge in [-0.3, -0.25) is 4.79 Å². The number of hydrogen-bond donors (Lipinski definition) is 1. The predicted octanol–water partition coefficient (Wildman–Crippen LogP) is 0.504. The minimum Gasteiger partial charge on any atom is -0.365 e. The van der Waals surface area contributed by atoms with E-state index >= 15 is 0 Å². The predicted molar refractivity (Wildman–Crippen MR) is 57.4 cm³/mol. The molecule has 3 unspecified atom stereocenters. The van der Waals surface area contributed by atoms with Gasteiger partial charge in [-0.1, -0.05) is 0 Å². The highest BCUT2D eigenvalue weighted by Crippen LogP contribution is 2.24. The van der Waals surface area contributed by atoms with E-state index in [1.165, 1.54) is 0 Å². The normalized spacial score (nSPS) is 37.3. The van der Waals surface area contributed by atoms with Gasteiger partial charge in [0.25, 0.3) is 5.91 Å². The molecule has 15 heavy (non-hydrogen) atoms. The summed E-state index contributed by atoms with van der Waals surface area (Å²) in [6.45, 7) is 0.822. The summed E-state index contributed by atoms with van der Waals surface area (Å²) in [6, 6.07) is 0.262. The van der Waals surface area contributed by atoms with Crippen molar-refractivity contribution in [1.29, 1.82) is 0 Å². The molecular formula is C11H20N2O2. The Hall–Kier alpha value is -0.610. The van der Waals surface area contributed by atoms with E-state index < -0.39 is 0 Å². The number of amides is 1. The molecule has 2 N–H and O–H groups in total. The summed E-state index contributed by atoms with van der Waals surface area (Å²) in [5.74, 6) is 0.133. The number of ether oxygens (including phenoxy) is 1. The number of likely N-dealkylation sites (tertiary alicyclic amines) is 1. The minimum atomic E-state index is -0.203. The Balaban J connectivity index is 1.83. The first-order valence-corrected chi connectivity index (χ1v) is 5.83. The summed E-state index contributed by atoms with van der Waals surface area (Å²) in [6.07, 6.45) is 5.02. The van der Waals surface area contributed by atoms with Crippen molar-refractivity contribution in [3.63, 3.8) is 0 Å². The lowest BCUT2D eigenvalue weighted by Gasteiger charge is -2.28. The van der Waals surface area contributed by atoms with E-state index in [0.29, 0.717) is 0 Å². The number of carbonyl (C=O) groups is 1. The van der Waals surface area contributed by atoms with Gasteiger partial charge in [-0.15, -0.1) is 0 Å². The second-order valence-corrected chi connectivity index (χ2v) is 4.72. The summed E-state index contributed by atoms with van der Waals surface area (Å²) in [5, 5.41) is 0. The molecule has 0 aromatic rings. The van der Waals surface area contributed by atoms with E-state index in [2.05, 4.69) is 0 Å². The van der Waals surface area contributed by atoms with Crippen LogP contribution in [0.4, 0.5) is 0 Å². The molecule has 1 heterocycles. The van der Waals surface area contributed by atoms with Crippen LogP contribution in [-0.2, 0) is 9.53 Å². The van der Waals surface area contributed by atoms with E-state index in [1.54, 1.807) is 4.90 Å². The molecule has 0 spiro atoms. The van der Waals surface area contributed by atoms with Crippen LogP contribution in [0.15, 0.2) is 0 Å². The third kappa shape index (κ3) is 2.49. The van der Waals surface area contributed by atoms with Gasteiger partial charge in [0.15, 0.2) is 0 Å². The van der Waals surface area contributed by atoms with E-state index in [9.17, 15) is 4.79 Å². The van der Waals surface area contributed by atoms with Gasteiger partial charge in [-0.25, -0.2) is 0 Å². The van der Waals surface area contributed by atoms with Crippen molar-refractivity contribution in [2.75, 3.05) is 13.6 Å². The molecule has 4 nitrogen and oxygen atoms in total. The van der Waals surface area contributed by atoms with Gasteiger partial charge >= 0.3 is 0 Å². The number of hydrogen-bond acceptors (Lipinski definition) is 3. The molecule has 0 radical (unpaired) electrons. The topological polar surface area (TPSA) is 55.6 Å². The van der Waals surface area contributed by atoms with Crippen LogP contribution in [0, 0.1) is 0 Å². The lowest BCUT2D eigenvalue weighted by molar-refractivity contribution is -0.140. The lowest BCUT2D eigenvalue weighted by atomic mass is 9.93. The van der Waals surface area contributed by atoms with Crippen LogP contribution in [0.25, 0.3) is 0 Å². The Labute approximate surface area is 90.8 Å². The van der Waals surface area contributed by atoms with Crippen molar-refractivity contribution >= 4 is 5.91 Å². The number of likely N-dealkylation sites (N-methyl/N-ethyl adjacent to an activating group) is 1. The molecule has 0 aromatic heterocycles. The van der Waals surface area contributed by atoms with Crippen molar-refractivity contribution in [2.24, 2.45) is 5.73 Å². The van der Waals surface area contributed by atoms with Crippen LogP contribution in [0.1, 0.15) is 32.1 Å².